The Morgan fingerprint density at radius 3 is 1.74 bits per heavy atom. The van der Waals surface area contributed by atoms with E-state index in [0.29, 0.717) is 30.3 Å². The van der Waals surface area contributed by atoms with Crippen molar-refractivity contribution in [1.29, 1.82) is 5.39 Å². The van der Waals surface area contributed by atoms with Crippen LogP contribution in [-0.2, 0) is 13.1 Å². The molecule has 3 aromatic rings. The van der Waals surface area contributed by atoms with Gasteiger partial charge in [0, 0.05) is 19.2 Å². The highest BCUT2D eigenvalue weighted by atomic mass is 16.5. The van der Waals surface area contributed by atoms with Crippen LogP contribution in [0.2, 0.25) is 0 Å². The summed E-state index contributed by atoms with van der Waals surface area (Å²) in [5, 5.41) is 9.25. The molecule has 0 radical (unpaired) electrons. The molecule has 0 unspecified atom stereocenters. The summed E-state index contributed by atoms with van der Waals surface area (Å²) in [5.74, 6) is 1.11. The van der Waals surface area contributed by atoms with Gasteiger partial charge in [0.2, 0.25) is 11.1 Å². The Bertz CT molecular complexity index is 880. The highest BCUT2D eigenvalue weighted by molar-refractivity contribution is 5.72. The standard InChI is InChI=1S/C22H22N3O2/c1-26-21-14-20(22(27-2)13-19(21)24-23)25(15-17-9-5-3-6-10-17)16-18-11-7-4-8-12-18/h3-14H,15-16H2,1-2H3/q+1. The maximum absolute atomic E-state index is 9.25. The van der Waals surface area contributed by atoms with E-state index in [2.05, 4.69) is 34.1 Å². The van der Waals surface area contributed by atoms with Crippen molar-refractivity contribution >= 4 is 11.4 Å². The lowest BCUT2D eigenvalue weighted by atomic mass is 10.1. The molecule has 0 aromatic heterocycles. The second kappa shape index (κ2) is 8.72. The lowest BCUT2D eigenvalue weighted by Gasteiger charge is -2.27. The van der Waals surface area contributed by atoms with Gasteiger partial charge in [-0.15, -0.1) is 0 Å². The van der Waals surface area contributed by atoms with E-state index in [4.69, 9.17) is 9.47 Å². The number of hydrogen-bond donors (Lipinski definition) is 0. The molecule has 0 aliphatic rings. The predicted octanol–water partition coefficient (Wildman–Crippen LogP) is 5.40. The zero-order chi connectivity index (χ0) is 19.1. The molecular weight excluding hydrogens is 338 g/mol. The van der Waals surface area contributed by atoms with Gasteiger partial charge in [-0.1, -0.05) is 60.7 Å². The van der Waals surface area contributed by atoms with Crippen molar-refractivity contribution in [2.24, 2.45) is 0 Å². The Labute approximate surface area is 159 Å². The van der Waals surface area contributed by atoms with Crippen LogP contribution in [0.25, 0.3) is 4.98 Å². The molecule has 0 saturated carbocycles. The highest BCUT2D eigenvalue weighted by Crippen LogP contribution is 2.41. The number of ether oxygens (including phenoxy) is 2. The molecule has 0 bridgehead atoms. The Kier molecular flexibility index (Phi) is 5.91. The van der Waals surface area contributed by atoms with Crippen LogP contribution in [0.3, 0.4) is 0 Å². The maximum atomic E-state index is 9.25. The molecule has 0 heterocycles. The average molecular weight is 360 g/mol. The quantitative estimate of drug-likeness (QED) is 0.530. The van der Waals surface area contributed by atoms with Crippen LogP contribution < -0.4 is 14.4 Å². The van der Waals surface area contributed by atoms with Gasteiger partial charge in [0.15, 0.2) is 10.7 Å². The van der Waals surface area contributed by atoms with Crippen LogP contribution in [0.1, 0.15) is 11.1 Å². The van der Waals surface area contributed by atoms with Gasteiger partial charge in [0.25, 0.3) is 0 Å². The van der Waals surface area contributed by atoms with E-state index < -0.39 is 0 Å². The molecule has 3 rings (SSSR count). The first-order valence-corrected chi connectivity index (χ1v) is 8.69. The fraction of sp³-hybridized carbons (Fsp3) is 0.182. The number of rotatable bonds is 7. The topological polar surface area (TPSA) is 49.9 Å². The third-order valence-corrected chi connectivity index (χ3v) is 4.36. The normalized spacial score (nSPS) is 10.1. The van der Waals surface area contributed by atoms with E-state index in [9.17, 15) is 5.39 Å². The van der Waals surface area contributed by atoms with Gasteiger partial charge in [-0.05, 0) is 11.1 Å². The molecular formula is C22H22N3O2+. The molecule has 136 valence electrons. The average Bonchev–Trinajstić information content (AvgIpc) is 2.73. The van der Waals surface area contributed by atoms with Gasteiger partial charge >= 0.3 is 5.69 Å². The van der Waals surface area contributed by atoms with Gasteiger partial charge in [-0.3, -0.25) is 0 Å². The van der Waals surface area contributed by atoms with Crippen molar-refractivity contribution in [2.45, 2.75) is 13.1 Å². The van der Waals surface area contributed by atoms with Crippen LogP contribution in [0.15, 0.2) is 72.8 Å². The van der Waals surface area contributed by atoms with Crippen LogP contribution >= 0.6 is 0 Å². The molecule has 5 heteroatoms. The minimum absolute atomic E-state index is 0.331. The lowest BCUT2D eigenvalue weighted by Crippen LogP contribution is -2.22. The minimum atomic E-state index is 0.331. The van der Waals surface area contributed by atoms with Crippen molar-refractivity contribution in [2.75, 3.05) is 19.1 Å². The molecule has 0 aliphatic heterocycles. The van der Waals surface area contributed by atoms with Gasteiger partial charge in [0.1, 0.15) is 0 Å². The predicted molar refractivity (Wildman–Crippen MR) is 107 cm³/mol. The van der Waals surface area contributed by atoms with Gasteiger partial charge in [-0.25, -0.2) is 0 Å². The zero-order valence-electron chi connectivity index (χ0n) is 15.5. The number of methoxy groups -OCH3 is 2. The molecule has 0 amide bonds. The fourth-order valence-electron chi connectivity index (χ4n) is 3.02. The highest BCUT2D eigenvalue weighted by Gasteiger charge is 2.23. The number of nitrogens with zero attached hydrogens (tertiary/aromatic N) is 3. The van der Waals surface area contributed by atoms with Crippen molar-refractivity contribution in [3.63, 3.8) is 0 Å². The summed E-state index contributed by atoms with van der Waals surface area (Å²) in [6, 6.07) is 24.0. The van der Waals surface area contributed by atoms with Crippen LogP contribution in [0.5, 0.6) is 11.5 Å². The smallest absolute Gasteiger partial charge is 0.430 e. The van der Waals surface area contributed by atoms with Crippen LogP contribution in [0, 0.1) is 5.39 Å². The maximum Gasteiger partial charge on any atom is 0.430 e. The molecule has 0 atom stereocenters. The number of hydrogen-bond acceptors (Lipinski definition) is 4. The summed E-state index contributed by atoms with van der Waals surface area (Å²) in [7, 11) is 3.16. The molecule has 0 aliphatic carbocycles. The first-order chi connectivity index (χ1) is 13.2. The second-order valence-corrected chi connectivity index (χ2v) is 6.12. The van der Waals surface area contributed by atoms with E-state index in [1.807, 2.05) is 42.5 Å². The Morgan fingerprint density at radius 1 is 0.778 bits per heavy atom. The summed E-state index contributed by atoms with van der Waals surface area (Å²) >= 11 is 0. The first kappa shape index (κ1) is 18.3. The minimum Gasteiger partial charge on any atom is -0.494 e. The Morgan fingerprint density at radius 2 is 1.30 bits per heavy atom. The number of benzene rings is 3. The molecule has 27 heavy (non-hydrogen) atoms. The Hall–Kier alpha value is -3.52. The summed E-state index contributed by atoms with van der Waals surface area (Å²) in [6.45, 7) is 1.40. The van der Waals surface area contributed by atoms with Crippen LogP contribution in [-0.4, -0.2) is 14.2 Å². The molecule has 0 saturated heterocycles. The third kappa shape index (κ3) is 4.36. The van der Waals surface area contributed by atoms with Crippen molar-refractivity contribution in [1.82, 2.24) is 0 Å². The molecule has 3 aromatic carbocycles. The first-order valence-electron chi connectivity index (χ1n) is 8.69. The van der Waals surface area contributed by atoms with Crippen molar-refractivity contribution < 1.29 is 9.47 Å². The SMILES string of the molecule is COc1cc(N(Cc2ccccc2)Cc2ccccc2)c(OC)cc1[N+]#N. The largest absolute Gasteiger partial charge is 0.494 e. The lowest BCUT2D eigenvalue weighted by molar-refractivity contribution is 0.404. The van der Waals surface area contributed by atoms with E-state index in [1.165, 1.54) is 11.1 Å². The van der Waals surface area contributed by atoms with E-state index in [-0.39, 0.29) is 0 Å². The number of anilines is 1. The van der Waals surface area contributed by atoms with Crippen molar-refractivity contribution in [3.8, 4) is 11.5 Å². The Balaban J connectivity index is 2.05. The van der Waals surface area contributed by atoms with E-state index in [1.54, 1.807) is 20.3 Å². The summed E-state index contributed by atoms with van der Waals surface area (Å²) in [5.41, 5.74) is 3.57. The fourth-order valence-corrected chi connectivity index (χ4v) is 3.02. The number of diazo groups is 1. The van der Waals surface area contributed by atoms with Gasteiger partial charge in [-0.2, -0.15) is 0 Å². The third-order valence-electron chi connectivity index (χ3n) is 4.36. The monoisotopic (exact) mass is 360 g/mol. The molecule has 0 N–H and O–H groups in total. The van der Waals surface area contributed by atoms with E-state index in [0.717, 1.165) is 5.69 Å². The van der Waals surface area contributed by atoms with E-state index >= 15 is 0 Å². The molecule has 5 nitrogen and oxygen atoms in total. The molecule has 0 fully saturated rings. The molecule has 0 spiro atoms. The van der Waals surface area contributed by atoms with Gasteiger partial charge < -0.3 is 14.4 Å². The summed E-state index contributed by atoms with van der Waals surface area (Å²) in [6.07, 6.45) is 0. The summed E-state index contributed by atoms with van der Waals surface area (Å²) in [4.78, 5) is 5.51. The van der Waals surface area contributed by atoms with Crippen LogP contribution in [0.4, 0.5) is 11.4 Å². The zero-order valence-corrected chi connectivity index (χ0v) is 15.5. The van der Waals surface area contributed by atoms with Crippen molar-refractivity contribution in [3.05, 3.63) is 88.9 Å². The second-order valence-electron chi connectivity index (χ2n) is 6.12. The summed E-state index contributed by atoms with van der Waals surface area (Å²) < 4.78 is 11.0. The van der Waals surface area contributed by atoms with Gasteiger partial charge in [0.05, 0.1) is 26.0 Å².